The number of hydrogen-bond donors (Lipinski definition) is 4. The van der Waals surface area contributed by atoms with E-state index in [9.17, 15) is 14.4 Å². The van der Waals surface area contributed by atoms with Crippen molar-refractivity contribution < 1.29 is 9.59 Å². The number of hydrogen-bond acceptors (Lipinski definition) is 5. The lowest BCUT2D eigenvalue weighted by Gasteiger charge is -2.12. The summed E-state index contributed by atoms with van der Waals surface area (Å²) < 4.78 is 1.49. The van der Waals surface area contributed by atoms with Gasteiger partial charge < -0.3 is 20.9 Å². The minimum atomic E-state index is -0.390. The number of benzene rings is 2. The van der Waals surface area contributed by atoms with Gasteiger partial charge in [0.1, 0.15) is 5.39 Å². The monoisotopic (exact) mass is 417 g/mol. The van der Waals surface area contributed by atoms with E-state index >= 15 is 0 Å². The Balaban J connectivity index is 1.40. The summed E-state index contributed by atoms with van der Waals surface area (Å²) in [5.74, 6) is -0.283. The average molecular weight is 417 g/mol. The van der Waals surface area contributed by atoms with Crippen LogP contribution in [0.2, 0.25) is 0 Å². The highest BCUT2D eigenvalue weighted by Gasteiger charge is 2.13. The van der Waals surface area contributed by atoms with E-state index in [-0.39, 0.29) is 24.4 Å². The van der Waals surface area contributed by atoms with Crippen LogP contribution in [0.3, 0.4) is 0 Å². The number of H-pyrrole nitrogens is 1. The number of urea groups is 1. The first-order chi connectivity index (χ1) is 15.1. The highest BCUT2D eigenvalue weighted by atomic mass is 16.2. The predicted octanol–water partition coefficient (Wildman–Crippen LogP) is 2.26. The number of nitrogens with zero attached hydrogens (tertiary/aromatic N) is 3. The standard InChI is InChI=1S/C21H19N7O3/c29-18(10-11-22-21(31)26-14-6-2-1-3-7-14)27-16-8-4-5-9-17(16)28-19-15(12-25-28)20(30)24-13-23-19/h1-9,12-13H,10-11H2,(H,27,29)(H2,22,26,31)(H,23,24,30). The molecule has 4 N–H and O–H groups in total. The fraction of sp³-hybridized carbons (Fsp3) is 0.0952. The number of aromatic amines is 1. The molecule has 0 bridgehead atoms. The van der Waals surface area contributed by atoms with E-state index in [4.69, 9.17) is 0 Å². The lowest BCUT2D eigenvalue weighted by Crippen LogP contribution is -2.31. The summed E-state index contributed by atoms with van der Waals surface area (Å²) in [6.45, 7) is 0.161. The number of anilines is 2. The first-order valence-corrected chi connectivity index (χ1v) is 9.52. The third-order valence-electron chi connectivity index (χ3n) is 4.45. The molecule has 2 heterocycles. The zero-order chi connectivity index (χ0) is 21.6. The van der Waals surface area contributed by atoms with Crippen LogP contribution in [0.25, 0.3) is 16.7 Å². The fourth-order valence-corrected chi connectivity index (χ4v) is 3.00. The molecule has 0 atom stereocenters. The maximum Gasteiger partial charge on any atom is 0.319 e. The third kappa shape index (κ3) is 4.58. The zero-order valence-electron chi connectivity index (χ0n) is 16.3. The van der Waals surface area contributed by atoms with E-state index in [2.05, 4.69) is 31.0 Å². The molecule has 0 unspecified atom stereocenters. The lowest BCUT2D eigenvalue weighted by molar-refractivity contribution is -0.116. The Morgan fingerprint density at radius 2 is 1.77 bits per heavy atom. The smallest absolute Gasteiger partial charge is 0.319 e. The van der Waals surface area contributed by atoms with Crippen LogP contribution in [-0.2, 0) is 4.79 Å². The Morgan fingerprint density at radius 1 is 1.00 bits per heavy atom. The van der Waals surface area contributed by atoms with Crippen molar-refractivity contribution in [1.29, 1.82) is 0 Å². The second-order valence-corrected chi connectivity index (χ2v) is 6.59. The van der Waals surface area contributed by atoms with Crippen LogP contribution in [0.4, 0.5) is 16.2 Å². The van der Waals surface area contributed by atoms with Crippen LogP contribution >= 0.6 is 0 Å². The van der Waals surface area contributed by atoms with Crippen molar-refractivity contribution >= 4 is 34.3 Å². The number of aromatic nitrogens is 4. The number of nitrogens with one attached hydrogen (secondary N) is 4. The van der Waals surface area contributed by atoms with Crippen molar-refractivity contribution in [3.8, 4) is 5.69 Å². The van der Waals surface area contributed by atoms with Gasteiger partial charge in [0, 0.05) is 18.7 Å². The second-order valence-electron chi connectivity index (χ2n) is 6.59. The quantitative estimate of drug-likeness (QED) is 0.382. The Morgan fingerprint density at radius 3 is 2.61 bits per heavy atom. The molecule has 3 amide bonds. The molecule has 0 aliphatic carbocycles. The number of fused-ring (bicyclic) bond motifs is 1. The molecule has 156 valence electrons. The van der Waals surface area contributed by atoms with Gasteiger partial charge in [0.15, 0.2) is 5.65 Å². The van der Waals surface area contributed by atoms with Crippen LogP contribution in [-0.4, -0.2) is 38.2 Å². The van der Waals surface area contributed by atoms with Gasteiger partial charge >= 0.3 is 6.03 Å². The Bertz CT molecular complexity index is 1280. The molecule has 0 saturated heterocycles. The van der Waals surface area contributed by atoms with Crippen molar-refractivity contribution in [3.63, 3.8) is 0 Å². The number of para-hydroxylation sites is 3. The van der Waals surface area contributed by atoms with Gasteiger partial charge in [-0.15, -0.1) is 0 Å². The van der Waals surface area contributed by atoms with Gasteiger partial charge in [-0.2, -0.15) is 5.10 Å². The molecule has 2 aromatic carbocycles. The van der Waals surface area contributed by atoms with E-state index < -0.39 is 6.03 Å². The molecule has 2 aromatic heterocycles. The summed E-state index contributed by atoms with van der Waals surface area (Å²) in [5, 5.41) is 12.7. The maximum absolute atomic E-state index is 12.4. The van der Waals surface area contributed by atoms with Crippen molar-refractivity contribution in [2.45, 2.75) is 6.42 Å². The molecule has 4 rings (SSSR count). The number of amides is 3. The zero-order valence-corrected chi connectivity index (χ0v) is 16.3. The largest absolute Gasteiger partial charge is 0.337 e. The van der Waals surface area contributed by atoms with Crippen LogP contribution in [0.15, 0.2) is 71.9 Å². The van der Waals surface area contributed by atoms with Crippen molar-refractivity contribution in [1.82, 2.24) is 25.1 Å². The maximum atomic E-state index is 12.4. The van der Waals surface area contributed by atoms with Crippen molar-refractivity contribution in [2.24, 2.45) is 0 Å². The topological polar surface area (TPSA) is 134 Å². The summed E-state index contributed by atoms with van der Waals surface area (Å²) in [6.07, 6.45) is 2.81. The molecular formula is C21H19N7O3. The normalized spacial score (nSPS) is 10.6. The second kappa shape index (κ2) is 8.91. The molecule has 10 nitrogen and oxygen atoms in total. The summed E-state index contributed by atoms with van der Waals surface area (Å²) in [7, 11) is 0. The molecule has 0 fully saturated rings. The van der Waals surface area contributed by atoms with Crippen molar-refractivity contribution in [2.75, 3.05) is 17.2 Å². The molecule has 31 heavy (non-hydrogen) atoms. The van der Waals surface area contributed by atoms with Crippen LogP contribution in [0.5, 0.6) is 0 Å². The Kier molecular flexibility index (Phi) is 5.70. The molecule has 0 aliphatic heterocycles. The lowest BCUT2D eigenvalue weighted by atomic mass is 10.2. The highest BCUT2D eigenvalue weighted by molar-refractivity contribution is 5.94. The van der Waals surface area contributed by atoms with E-state index in [1.54, 1.807) is 36.4 Å². The summed E-state index contributed by atoms with van der Waals surface area (Å²) in [4.78, 5) is 42.9. The Hall–Kier alpha value is -4.47. The molecule has 0 aliphatic rings. The summed E-state index contributed by atoms with van der Waals surface area (Å²) in [6, 6.07) is 15.7. The number of rotatable bonds is 6. The van der Waals surface area contributed by atoms with Crippen molar-refractivity contribution in [3.05, 3.63) is 77.5 Å². The highest BCUT2D eigenvalue weighted by Crippen LogP contribution is 2.22. The van der Waals surface area contributed by atoms with Crippen LogP contribution in [0.1, 0.15) is 6.42 Å². The van der Waals surface area contributed by atoms with Gasteiger partial charge in [-0.25, -0.2) is 14.5 Å². The van der Waals surface area contributed by atoms with E-state index in [0.717, 1.165) is 0 Å². The minimum absolute atomic E-state index is 0.0777. The van der Waals surface area contributed by atoms with E-state index in [1.165, 1.54) is 17.2 Å². The van der Waals surface area contributed by atoms with Crippen LogP contribution < -0.4 is 21.5 Å². The van der Waals surface area contributed by atoms with Crippen LogP contribution in [0, 0.1) is 0 Å². The molecular weight excluding hydrogens is 398 g/mol. The Labute approximate surface area is 176 Å². The van der Waals surface area contributed by atoms with Gasteiger partial charge in [0.05, 0.1) is 23.9 Å². The first kappa shape index (κ1) is 19.8. The van der Waals surface area contributed by atoms with Gasteiger partial charge in [0.2, 0.25) is 5.91 Å². The molecule has 0 spiro atoms. The molecule has 4 aromatic rings. The molecule has 10 heteroatoms. The molecule has 0 saturated carbocycles. The summed E-state index contributed by atoms with van der Waals surface area (Å²) >= 11 is 0. The van der Waals surface area contributed by atoms with Gasteiger partial charge in [-0.1, -0.05) is 30.3 Å². The number of carbonyl (C=O) groups excluding carboxylic acids is 2. The fourth-order valence-electron chi connectivity index (χ4n) is 3.00. The van der Waals surface area contributed by atoms with Gasteiger partial charge in [-0.05, 0) is 24.3 Å². The van der Waals surface area contributed by atoms with E-state index in [0.29, 0.717) is 28.1 Å². The SMILES string of the molecule is O=C(CCNC(=O)Nc1ccccc1)Nc1ccccc1-n1ncc2c(=O)[nH]cnc21. The first-order valence-electron chi connectivity index (χ1n) is 9.52. The number of carbonyl (C=O) groups is 2. The minimum Gasteiger partial charge on any atom is -0.337 e. The summed E-state index contributed by atoms with van der Waals surface area (Å²) in [5.41, 5.74) is 1.83. The molecule has 0 radical (unpaired) electrons. The van der Waals surface area contributed by atoms with Gasteiger partial charge in [0.25, 0.3) is 5.56 Å². The predicted molar refractivity (Wildman–Crippen MR) is 116 cm³/mol. The third-order valence-corrected chi connectivity index (χ3v) is 4.45. The van der Waals surface area contributed by atoms with E-state index in [1.807, 2.05) is 18.2 Å². The van der Waals surface area contributed by atoms with Gasteiger partial charge in [-0.3, -0.25) is 9.59 Å². The average Bonchev–Trinajstić information content (AvgIpc) is 3.20.